The molecule has 0 saturated carbocycles. The molecule has 0 bridgehead atoms. The molecule has 2 rings (SSSR count). The van der Waals surface area contributed by atoms with E-state index in [1.54, 1.807) is 36.4 Å². The molecule has 0 fully saturated rings. The second-order valence-electron chi connectivity index (χ2n) is 4.39. The maximum atomic E-state index is 12.5. The van der Waals surface area contributed by atoms with Gasteiger partial charge in [-0.2, -0.15) is 0 Å². The van der Waals surface area contributed by atoms with Crippen LogP contribution in [0.5, 0.6) is 0 Å². The predicted molar refractivity (Wildman–Crippen MR) is 79.6 cm³/mol. The quantitative estimate of drug-likeness (QED) is 0.740. The summed E-state index contributed by atoms with van der Waals surface area (Å²) in [6, 6.07) is 10.4. The molecule has 0 saturated heterocycles. The SMILES string of the molecule is [C-]#[N+]c1cc(S(=O)c2ccc(C)c([N+]#[C-])c2)ccc1C. The van der Waals surface area contributed by atoms with Gasteiger partial charge in [-0.1, -0.05) is 12.1 Å². The summed E-state index contributed by atoms with van der Waals surface area (Å²) < 4.78 is 12.5. The molecular formula is C16H12N2OS. The van der Waals surface area contributed by atoms with Gasteiger partial charge < -0.3 is 0 Å². The second kappa shape index (κ2) is 5.69. The minimum Gasteiger partial charge on any atom is -0.249 e. The molecule has 0 aromatic heterocycles. The monoisotopic (exact) mass is 280 g/mol. The van der Waals surface area contributed by atoms with E-state index in [1.165, 1.54) is 0 Å². The van der Waals surface area contributed by atoms with Gasteiger partial charge >= 0.3 is 0 Å². The zero-order valence-electron chi connectivity index (χ0n) is 11.2. The molecule has 0 heterocycles. The van der Waals surface area contributed by atoms with Crippen LogP contribution in [-0.2, 0) is 10.8 Å². The lowest BCUT2D eigenvalue weighted by Crippen LogP contribution is -1.93. The average molecular weight is 280 g/mol. The Morgan fingerprint density at radius 2 is 1.25 bits per heavy atom. The lowest BCUT2D eigenvalue weighted by atomic mass is 10.2. The molecule has 4 heteroatoms. The van der Waals surface area contributed by atoms with E-state index in [1.807, 2.05) is 13.8 Å². The van der Waals surface area contributed by atoms with Crippen LogP contribution in [0, 0.1) is 27.0 Å². The fraction of sp³-hybridized carbons (Fsp3) is 0.125. The van der Waals surface area contributed by atoms with E-state index >= 15 is 0 Å². The maximum Gasteiger partial charge on any atom is 0.191 e. The van der Waals surface area contributed by atoms with Crippen molar-refractivity contribution in [1.29, 1.82) is 0 Å². The van der Waals surface area contributed by atoms with Gasteiger partial charge in [-0.3, -0.25) is 0 Å². The van der Waals surface area contributed by atoms with Crippen LogP contribution in [0.15, 0.2) is 46.2 Å². The summed E-state index contributed by atoms with van der Waals surface area (Å²) >= 11 is 0. The third-order valence-corrected chi connectivity index (χ3v) is 4.39. The van der Waals surface area contributed by atoms with E-state index in [0.29, 0.717) is 21.2 Å². The van der Waals surface area contributed by atoms with Crippen molar-refractivity contribution in [2.45, 2.75) is 23.6 Å². The number of nitrogens with zero attached hydrogens (tertiary/aromatic N) is 2. The van der Waals surface area contributed by atoms with Gasteiger partial charge in [0.25, 0.3) is 0 Å². The largest absolute Gasteiger partial charge is 0.249 e. The van der Waals surface area contributed by atoms with E-state index in [2.05, 4.69) is 9.69 Å². The second-order valence-corrected chi connectivity index (χ2v) is 5.87. The normalized spacial score (nSPS) is 10.1. The van der Waals surface area contributed by atoms with Crippen molar-refractivity contribution < 1.29 is 4.21 Å². The van der Waals surface area contributed by atoms with E-state index in [-0.39, 0.29) is 0 Å². The molecule has 0 aliphatic carbocycles. The van der Waals surface area contributed by atoms with Gasteiger partial charge in [-0.15, -0.1) is 0 Å². The van der Waals surface area contributed by atoms with Gasteiger partial charge in [-0.25, -0.2) is 13.9 Å². The molecular weight excluding hydrogens is 268 g/mol. The van der Waals surface area contributed by atoms with Crippen LogP contribution in [0.4, 0.5) is 11.4 Å². The molecule has 20 heavy (non-hydrogen) atoms. The molecule has 0 spiro atoms. The average Bonchev–Trinajstić information content (AvgIpc) is 2.47. The summed E-state index contributed by atoms with van der Waals surface area (Å²) in [6.45, 7) is 17.9. The lowest BCUT2D eigenvalue weighted by molar-refractivity contribution is 0.683. The Morgan fingerprint density at radius 3 is 1.60 bits per heavy atom. The zero-order valence-corrected chi connectivity index (χ0v) is 12.0. The molecule has 0 radical (unpaired) electrons. The molecule has 0 aliphatic rings. The first-order chi connectivity index (χ1) is 9.56. The number of aryl methyl sites for hydroxylation is 2. The van der Waals surface area contributed by atoms with Gasteiger partial charge in [0.05, 0.1) is 23.9 Å². The Hall–Kier alpha value is -2.43. The smallest absolute Gasteiger partial charge is 0.191 e. The minimum absolute atomic E-state index is 0.508. The van der Waals surface area contributed by atoms with Crippen molar-refractivity contribution in [1.82, 2.24) is 0 Å². The highest BCUT2D eigenvalue weighted by Gasteiger charge is 2.11. The molecule has 98 valence electrons. The molecule has 0 unspecified atom stereocenters. The van der Waals surface area contributed by atoms with Crippen molar-refractivity contribution in [3.8, 4) is 0 Å². The van der Waals surface area contributed by atoms with E-state index in [9.17, 15) is 4.21 Å². The third-order valence-electron chi connectivity index (χ3n) is 3.03. The molecule has 0 N–H and O–H groups in total. The molecule has 2 aromatic carbocycles. The van der Waals surface area contributed by atoms with Crippen molar-refractivity contribution in [2.75, 3.05) is 0 Å². The summed E-state index contributed by atoms with van der Waals surface area (Å²) in [6.07, 6.45) is 0. The molecule has 0 atom stereocenters. The highest BCUT2D eigenvalue weighted by molar-refractivity contribution is 7.85. The first-order valence-electron chi connectivity index (χ1n) is 5.95. The molecule has 0 aliphatic heterocycles. The van der Waals surface area contributed by atoms with E-state index < -0.39 is 10.8 Å². The Bertz CT molecular complexity index is 717. The highest BCUT2D eigenvalue weighted by atomic mass is 32.2. The fourth-order valence-electron chi connectivity index (χ4n) is 1.79. The van der Waals surface area contributed by atoms with Crippen LogP contribution in [0.2, 0.25) is 0 Å². The van der Waals surface area contributed by atoms with Gasteiger partial charge in [0, 0.05) is 9.79 Å². The van der Waals surface area contributed by atoms with Crippen molar-refractivity contribution in [2.24, 2.45) is 0 Å². The Kier molecular flexibility index (Phi) is 3.98. The summed E-state index contributed by atoms with van der Waals surface area (Å²) in [5, 5.41) is 0. The van der Waals surface area contributed by atoms with Gasteiger partial charge in [0.15, 0.2) is 11.4 Å². The Labute approximate surface area is 121 Å². The van der Waals surface area contributed by atoms with Gasteiger partial charge in [-0.05, 0) is 49.2 Å². The Morgan fingerprint density at radius 1 is 0.850 bits per heavy atom. The number of hydrogen-bond donors (Lipinski definition) is 0. The highest BCUT2D eigenvalue weighted by Crippen LogP contribution is 2.27. The van der Waals surface area contributed by atoms with E-state index in [4.69, 9.17) is 13.1 Å². The van der Waals surface area contributed by atoms with Crippen LogP contribution in [0.25, 0.3) is 9.69 Å². The first-order valence-corrected chi connectivity index (χ1v) is 7.10. The van der Waals surface area contributed by atoms with Crippen LogP contribution < -0.4 is 0 Å². The third kappa shape index (κ3) is 2.61. The summed E-state index contributed by atoms with van der Waals surface area (Å²) in [5.41, 5.74) is 2.75. The van der Waals surface area contributed by atoms with Crippen molar-refractivity contribution >= 4 is 22.2 Å². The minimum atomic E-state index is -1.37. The lowest BCUT2D eigenvalue weighted by Gasteiger charge is -2.06. The Balaban J connectivity index is 2.47. The van der Waals surface area contributed by atoms with Crippen LogP contribution in [0.1, 0.15) is 11.1 Å². The van der Waals surface area contributed by atoms with Crippen molar-refractivity contribution in [3.05, 3.63) is 70.4 Å². The van der Waals surface area contributed by atoms with E-state index in [0.717, 1.165) is 11.1 Å². The predicted octanol–water partition coefficient (Wildman–Crippen LogP) is 4.57. The van der Waals surface area contributed by atoms with Crippen LogP contribution >= 0.6 is 0 Å². The standard InChI is InChI=1S/C16H12N2OS/c1-11-5-7-13(9-15(11)17-3)20(19)14-8-6-12(2)16(10-14)18-4/h5-10H,1-2H3. The summed E-state index contributed by atoms with van der Waals surface area (Å²) in [5.74, 6) is 0. The number of rotatable bonds is 2. The molecule has 2 aromatic rings. The topological polar surface area (TPSA) is 25.8 Å². The van der Waals surface area contributed by atoms with Gasteiger partial charge in [0.1, 0.15) is 0 Å². The zero-order chi connectivity index (χ0) is 14.7. The first kappa shape index (κ1) is 14.0. The van der Waals surface area contributed by atoms with Crippen LogP contribution in [-0.4, -0.2) is 4.21 Å². The summed E-state index contributed by atoms with van der Waals surface area (Å²) in [7, 11) is -1.37. The van der Waals surface area contributed by atoms with Crippen molar-refractivity contribution in [3.63, 3.8) is 0 Å². The van der Waals surface area contributed by atoms with Gasteiger partial charge in [0.2, 0.25) is 0 Å². The maximum absolute atomic E-state index is 12.5. The fourth-order valence-corrected chi connectivity index (χ4v) is 2.88. The molecule has 3 nitrogen and oxygen atoms in total. The number of hydrogen-bond acceptors (Lipinski definition) is 1. The number of benzene rings is 2. The summed E-state index contributed by atoms with van der Waals surface area (Å²) in [4.78, 5) is 8.01. The van der Waals surface area contributed by atoms with Crippen LogP contribution in [0.3, 0.4) is 0 Å². The molecule has 0 amide bonds.